The number of alkyl halides is 3. The molecule has 0 saturated carbocycles. The Hall–Kier alpha value is -0.938. The van der Waals surface area contributed by atoms with E-state index in [0.29, 0.717) is 0 Å². The minimum absolute atomic E-state index is 0. The van der Waals surface area contributed by atoms with Crippen LogP contribution in [-0.2, 0) is 27.5 Å². The van der Waals surface area contributed by atoms with Crippen LogP contribution in [0.15, 0.2) is 54.6 Å². The molecule has 0 radical (unpaired) electrons. The summed E-state index contributed by atoms with van der Waals surface area (Å²) in [6.45, 7) is 0. The van der Waals surface area contributed by atoms with Crippen LogP contribution in [0, 0.1) is 0 Å². The van der Waals surface area contributed by atoms with E-state index < -0.39 is 15.6 Å². The molecule has 0 fully saturated rings. The standard InChI is InChI=1S/C5H6.C5H5.CHF3O3S.Cr/c2*1-2-4-5-3-1;2-1(3,4)8(5,6)7;/h1-4H,5H2;1-5H;(H,5,6,7);/q;-1;;+2/p-1. The Bertz CT molecular complexity index is 435. The van der Waals surface area contributed by atoms with Crippen molar-refractivity contribution in [2.75, 3.05) is 0 Å². The zero-order valence-electron chi connectivity index (χ0n) is 9.58. The summed E-state index contributed by atoms with van der Waals surface area (Å²) in [7, 11) is -6.09. The summed E-state index contributed by atoms with van der Waals surface area (Å²) in [5.41, 5.74) is -5.65. The van der Waals surface area contributed by atoms with Gasteiger partial charge in [-0.3, -0.25) is 0 Å². The molecule has 1 aliphatic carbocycles. The van der Waals surface area contributed by atoms with E-state index in [-0.39, 0.29) is 17.4 Å². The molecular weight excluding hydrogens is 321 g/mol. The predicted molar refractivity (Wildman–Crippen MR) is 60.7 cm³/mol. The van der Waals surface area contributed by atoms with Crippen LogP contribution >= 0.6 is 0 Å². The first-order valence-corrected chi connectivity index (χ1v) is 6.16. The largest absolute Gasteiger partial charge is 2.00 e. The Labute approximate surface area is 120 Å². The van der Waals surface area contributed by atoms with Gasteiger partial charge in [-0.05, 0) is 6.42 Å². The Morgan fingerprint density at radius 1 is 1.05 bits per heavy atom. The van der Waals surface area contributed by atoms with Gasteiger partial charge < -0.3 is 4.55 Å². The van der Waals surface area contributed by atoms with E-state index in [1.807, 2.05) is 30.3 Å². The van der Waals surface area contributed by atoms with Gasteiger partial charge in [0.15, 0.2) is 10.1 Å². The van der Waals surface area contributed by atoms with Crippen molar-refractivity contribution in [3.63, 3.8) is 0 Å². The van der Waals surface area contributed by atoms with Gasteiger partial charge in [-0.1, -0.05) is 24.3 Å². The van der Waals surface area contributed by atoms with Gasteiger partial charge in [-0.2, -0.15) is 31.4 Å². The Morgan fingerprint density at radius 3 is 1.53 bits per heavy atom. The second-order valence-corrected chi connectivity index (χ2v) is 4.33. The number of hydrogen-bond acceptors (Lipinski definition) is 3. The van der Waals surface area contributed by atoms with E-state index in [1.165, 1.54) is 0 Å². The third-order valence-electron chi connectivity index (χ3n) is 1.49. The molecule has 106 valence electrons. The zero-order valence-corrected chi connectivity index (χ0v) is 11.7. The minimum Gasteiger partial charge on any atom is -0.741 e. The van der Waals surface area contributed by atoms with Gasteiger partial charge in [-0.15, -0.1) is 0 Å². The summed E-state index contributed by atoms with van der Waals surface area (Å²) in [6.07, 6.45) is 9.50. The molecule has 1 aliphatic rings. The van der Waals surface area contributed by atoms with Crippen molar-refractivity contribution in [1.82, 2.24) is 0 Å². The van der Waals surface area contributed by atoms with Crippen molar-refractivity contribution in [2.24, 2.45) is 0 Å². The van der Waals surface area contributed by atoms with Gasteiger partial charge >= 0.3 is 22.9 Å². The molecule has 0 aliphatic heterocycles. The first-order valence-electron chi connectivity index (χ1n) is 4.75. The van der Waals surface area contributed by atoms with Gasteiger partial charge in [0.25, 0.3) is 0 Å². The first-order chi connectivity index (χ1) is 8.25. The maximum absolute atomic E-state index is 10.7. The zero-order chi connectivity index (χ0) is 14.1. The van der Waals surface area contributed by atoms with Crippen molar-refractivity contribution in [3.05, 3.63) is 54.6 Å². The van der Waals surface area contributed by atoms with E-state index in [0.717, 1.165) is 6.42 Å². The van der Waals surface area contributed by atoms with Crippen LogP contribution < -0.4 is 0 Å². The van der Waals surface area contributed by atoms with E-state index >= 15 is 0 Å². The van der Waals surface area contributed by atoms with Crippen LogP contribution in [0.2, 0.25) is 0 Å². The fraction of sp³-hybridized carbons (Fsp3) is 0.182. The van der Waals surface area contributed by atoms with Gasteiger partial charge in [0.05, 0.1) is 0 Å². The molecule has 0 atom stereocenters. The summed E-state index contributed by atoms with van der Waals surface area (Å²) < 4.78 is 58.9. The monoisotopic (exact) mass is 332 g/mol. The summed E-state index contributed by atoms with van der Waals surface area (Å²) in [6, 6.07) is 10.0. The van der Waals surface area contributed by atoms with E-state index in [4.69, 9.17) is 13.0 Å². The number of halogens is 3. The molecule has 0 aromatic heterocycles. The van der Waals surface area contributed by atoms with Crippen molar-refractivity contribution in [2.45, 2.75) is 11.9 Å². The van der Waals surface area contributed by atoms with Crippen LogP contribution in [0.5, 0.6) is 0 Å². The third kappa shape index (κ3) is 11.9. The Balaban J connectivity index is 0. The molecule has 1 aromatic carbocycles. The van der Waals surface area contributed by atoms with Crippen LogP contribution in [-0.4, -0.2) is 18.5 Å². The summed E-state index contributed by atoms with van der Waals surface area (Å²) in [5.74, 6) is 0. The summed E-state index contributed by atoms with van der Waals surface area (Å²) in [5, 5.41) is 0. The van der Waals surface area contributed by atoms with E-state index in [1.54, 1.807) is 0 Å². The smallest absolute Gasteiger partial charge is 0.741 e. The molecule has 0 N–H and O–H groups in total. The number of hydrogen-bond donors (Lipinski definition) is 0. The van der Waals surface area contributed by atoms with Crippen LogP contribution in [0.25, 0.3) is 0 Å². The van der Waals surface area contributed by atoms with Crippen LogP contribution in [0.1, 0.15) is 6.42 Å². The maximum atomic E-state index is 10.7. The second kappa shape index (κ2) is 9.92. The quantitative estimate of drug-likeness (QED) is 0.417. The number of allylic oxidation sites excluding steroid dienone is 4. The molecule has 19 heavy (non-hydrogen) atoms. The van der Waals surface area contributed by atoms with Crippen molar-refractivity contribution in [1.29, 1.82) is 0 Å². The molecule has 8 heteroatoms. The molecule has 0 spiro atoms. The average Bonchev–Trinajstić information content (AvgIpc) is 2.95. The molecule has 0 saturated heterocycles. The van der Waals surface area contributed by atoms with Gasteiger partial charge in [0.2, 0.25) is 0 Å². The van der Waals surface area contributed by atoms with Crippen molar-refractivity contribution in [3.8, 4) is 0 Å². The molecule has 0 unspecified atom stereocenters. The fourth-order valence-electron chi connectivity index (χ4n) is 0.714. The molecule has 1 aromatic rings. The molecule has 0 heterocycles. The summed E-state index contributed by atoms with van der Waals surface area (Å²) in [4.78, 5) is 0. The molecular formula is C11H11CrF3O3S. The fourth-order valence-corrected chi connectivity index (χ4v) is 0.714. The molecule has 2 rings (SSSR count). The third-order valence-corrected chi connectivity index (χ3v) is 2.06. The summed E-state index contributed by atoms with van der Waals surface area (Å²) >= 11 is 0. The molecule has 0 amide bonds. The van der Waals surface area contributed by atoms with Crippen molar-refractivity contribution < 1.29 is 43.5 Å². The number of rotatable bonds is 0. The van der Waals surface area contributed by atoms with Gasteiger partial charge in [0, 0.05) is 0 Å². The van der Waals surface area contributed by atoms with Crippen LogP contribution in [0.3, 0.4) is 0 Å². The van der Waals surface area contributed by atoms with Crippen LogP contribution in [0.4, 0.5) is 13.2 Å². The Kier molecular flexibility index (Phi) is 10.6. The molecule has 3 nitrogen and oxygen atoms in total. The van der Waals surface area contributed by atoms with E-state index in [9.17, 15) is 13.2 Å². The molecule has 0 bridgehead atoms. The predicted octanol–water partition coefficient (Wildman–Crippen LogP) is 2.96. The van der Waals surface area contributed by atoms with Gasteiger partial charge in [0.1, 0.15) is 0 Å². The van der Waals surface area contributed by atoms with E-state index in [2.05, 4.69) is 24.3 Å². The maximum Gasteiger partial charge on any atom is 2.00 e. The average molecular weight is 332 g/mol. The topological polar surface area (TPSA) is 57.2 Å². The minimum atomic E-state index is -6.09. The Morgan fingerprint density at radius 2 is 1.42 bits per heavy atom. The van der Waals surface area contributed by atoms with Crippen molar-refractivity contribution >= 4 is 10.1 Å². The second-order valence-electron chi connectivity index (χ2n) is 2.95. The van der Waals surface area contributed by atoms with Gasteiger partial charge in [-0.25, -0.2) is 20.6 Å². The SMILES string of the molecule is C1=CCC=C1.O=S(=O)([O-])C(F)(F)F.[Cr+2].c1cc[cH-]c1. The first kappa shape index (κ1) is 20.4. The normalized spacial score (nSPS) is 12.6.